The number of nitriles is 1. The number of hydrogen-bond donors (Lipinski definition) is 2. The first-order valence-corrected chi connectivity index (χ1v) is 7.19. The Morgan fingerprint density at radius 1 is 1.43 bits per heavy atom. The molecule has 0 aromatic heterocycles. The second kappa shape index (κ2) is 8.75. The minimum absolute atomic E-state index is 0.195. The zero-order valence-electron chi connectivity index (χ0n) is 11.7. The van der Waals surface area contributed by atoms with E-state index in [0.717, 1.165) is 33.8 Å². The molecular weight excluding hydrogens is 296 g/mol. The molecule has 114 valence electrons. The van der Waals surface area contributed by atoms with Crippen LogP contribution in [-0.2, 0) is 0 Å². The number of nitroso groups, excluding NO2 is 2. The number of aliphatic imine (C=N–C) groups is 1. The first kappa shape index (κ1) is 16.7. The molecule has 10 nitrogen and oxygen atoms in total. The SMILES string of the molecule is CC1=C(CSCCN(N=O)C(=NC#N)N(C)N=O)NCN1. The van der Waals surface area contributed by atoms with Gasteiger partial charge in [-0.3, -0.25) is 0 Å². The van der Waals surface area contributed by atoms with E-state index in [0.29, 0.717) is 5.75 Å². The first-order valence-electron chi connectivity index (χ1n) is 6.03. The van der Waals surface area contributed by atoms with Gasteiger partial charge in [0.2, 0.25) is 6.19 Å². The lowest BCUT2D eigenvalue weighted by Crippen LogP contribution is -2.37. The summed E-state index contributed by atoms with van der Waals surface area (Å²) >= 11 is 1.59. The van der Waals surface area contributed by atoms with Crippen LogP contribution >= 0.6 is 11.8 Å². The van der Waals surface area contributed by atoms with Crippen LogP contribution in [0.3, 0.4) is 0 Å². The van der Waals surface area contributed by atoms with E-state index < -0.39 is 0 Å². The molecule has 0 saturated heterocycles. The predicted molar refractivity (Wildman–Crippen MR) is 80.3 cm³/mol. The lowest BCUT2D eigenvalue weighted by Gasteiger charge is -2.19. The number of nitrogens with one attached hydrogen (secondary N) is 2. The van der Waals surface area contributed by atoms with Crippen molar-refractivity contribution in [1.82, 2.24) is 20.7 Å². The molecule has 0 atom stereocenters. The molecule has 1 rings (SSSR count). The third kappa shape index (κ3) is 4.92. The Morgan fingerprint density at radius 2 is 2.19 bits per heavy atom. The second-order valence-electron chi connectivity index (χ2n) is 4.01. The van der Waals surface area contributed by atoms with Crippen LogP contribution in [0.1, 0.15) is 6.92 Å². The topological polar surface area (TPSA) is 126 Å². The highest BCUT2D eigenvalue weighted by molar-refractivity contribution is 7.99. The lowest BCUT2D eigenvalue weighted by atomic mass is 10.4. The Balaban J connectivity index is 2.48. The lowest BCUT2D eigenvalue weighted by molar-refractivity contribution is 0.375. The third-order valence-corrected chi connectivity index (χ3v) is 3.66. The van der Waals surface area contributed by atoms with Crippen LogP contribution in [0.15, 0.2) is 27.0 Å². The van der Waals surface area contributed by atoms with Crippen molar-refractivity contribution in [3.8, 4) is 6.19 Å². The molecule has 1 aliphatic heterocycles. The molecule has 0 aromatic rings. The van der Waals surface area contributed by atoms with Crippen molar-refractivity contribution in [2.45, 2.75) is 6.92 Å². The molecule has 21 heavy (non-hydrogen) atoms. The summed E-state index contributed by atoms with van der Waals surface area (Å²) in [6.07, 6.45) is 1.51. The van der Waals surface area contributed by atoms with Gasteiger partial charge in [0, 0.05) is 29.9 Å². The van der Waals surface area contributed by atoms with Gasteiger partial charge in [0.05, 0.1) is 23.8 Å². The van der Waals surface area contributed by atoms with E-state index in [1.165, 1.54) is 13.2 Å². The molecule has 1 heterocycles. The zero-order chi connectivity index (χ0) is 15.7. The molecule has 2 N–H and O–H groups in total. The average Bonchev–Trinajstić information content (AvgIpc) is 2.90. The summed E-state index contributed by atoms with van der Waals surface area (Å²) in [6, 6.07) is 0. The van der Waals surface area contributed by atoms with Gasteiger partial charge >= 0.3 is 0 Å². The maximum absolute atomic E-state index is 10.8. The smallest absolute Gasteiger partial charge is 0.258 e. The monoisotopic (exact) mass is 312 g/mol. The van der Waals surface area contributed by atoms with E-state index in [-0.39, 0.29) is 12.5 Å². The van der Waals surface area contributed by atoms with Crippen LogP contribution in [0.4, 0.5) is 0 Å². The van der Waals surface area contributed by atoms with Crippen molar-refractivity contribution in [1.29, 1.82) is 5.26 Å². The molecule has 0 bridgehead atoms. The summed E-state index contributed by atoms with van der Waals surface area (Å²) in [5, 5.41) is 22.0. The summed E-state index contributed by atoms with van der Waals surface area (Å²) in [6.45, 7) is 2.92. The second-order valence-corrected chi connectivity index (χ2v) is 5.11. The zero-order valence-corrected chi connectivity index (χ0v) is 12.6. The van der Waals surface area contributed by atoms with E-state index in [1.54, 1.807) is 11.8 Å². The van der Waals surface area contributed by atoms with E-state index in [4.69, 9.17) is 5.26 Å². The van der Waals surface area contributed by atoms with E-state index in [2.05, 4.69) is 26.2 Å². The standard InChI is InChI=1S/C10H16N8O2S/c1-8-9(14-7-13-8)5-21-4-3-18(16-20)10(12-6-11)17(2)15-19/h13-14H,3-5,7H2,1-2H3. The molecule has 0 unspecified atom stereocenters. The number of hydrogen-bond acceptors (Lipinski definition) is 9. The Bertz CT molecular complexity index is 486. The van der Waals surface area contributed by atoms with Gasteiger partial charge in [-0.1, -0.05) is 0 Å². The summed E-state index contributed by atoms with van der Waals surface area (Å²) < 4.78 is 0. The van der Waals surface area contributed by atoms with Gasteiger partial charge in [-0.05, 0) is 6.92 Å². The fourth-order valence-electron chi connectivity index (χ4n) is 1.56. The highest BCUT2D eigenvalue weighted by Crippen LogP contribution is 2.12. The minimum atomic E-state index is -0.195. The van der Waals surface area contributed by atoms with Gasteiger partial charge in [-0.2, -0.15) is 27.0 Å². The van der Waals surface area contributed by atoms with Crippen LogP contribution in [0, 0.1) is 21.3 Å². The summed E-state index contributed by atoms with van der Waals surface area (Å²) in [7, 11) is 1.29. The molecule has 0 aliphatic carbocycles. The molecule has 0 saturated carbocycles. The van der Waals surface area contributed by atoms with Crippen LogP contribution in [0.5, 0.6) is 0 Å². The normalized spacial score (nSPS) is 14.0. The number of thioether (sulfide) groups is 1. The van der Waals surface area contributed by atoms with Gasteiger partial charge in [0.25, 0.3) is 5.96 Å². The highest BCUT2D eigenvalue weighted by atomic mass is 32.2. The van der Waals surface area contributed by atoms with E-state index in [1.807, 2.05) is 6.92 Å². The average molecular weight is 312 g/mol. The quantitative estimate of drug-likeness (QED) is 0.174. The molecule has 0 radical (unpaired) electrons. The number of nitrogens with zero attached hydrogens (tertiary/aromatic N) is 6. The van der Waals surface area contributed by atoms with Crippen LogP contribution in [0.25, 0.3) is 0 Å². The Labute approximate surface area is 126 Å². The van der Waals surface area contributed by atoms with Crippen molar-refractivity contribution < 1.29 is 0 Å². The third-order valence-electron chi connectivity index (χ3n) is 2.69. The van der Waals surface area contributed by atoms with E-state index in [9.17, 15) is 9.81 Å². The molecule has 0 amide bonds. The van der Waals surface area contributed by atoms with Crippen LogP contribution in [0.2, 0.25) is 0 Å². The molecule has 1 aliphatic rings. The van der Waals surface area contributed by atoms with Gasteiger partial charge < -0.3 is 10.6 Å². The van der Waals surface area contributed by atoms with Crippen molar-refractivity contribution in [2.24, 2.45) is 15.6 Å². The number of guanidine groups is 1. The van der Waals surface area contributed by atoms with E-state index >= 15 is 0 Å². The number of rotatable bonds is 7. The maximum atomic E-state index is 10.8. The Morgan fingerprint density at radius 3 is 2.71 bits per heavy atom. The highest BCUT2D eigenvalue weighted by Gasteiger charge is 2.18. The molecule has 0 aromatic carbocycles. The van der Waals surface area contributed by atoms with Crippen molar-refractivity contribution in [2.75, 3.05) is 31.8 Å². The van der Waals surface area contributed by atoms with Crippen LogP contribution in [-0.4, -0.2) is 47.7 Å². The van der Waals surface area contributed by atoms with Crippen LogP contribution < -0.4 is 10.6 Å². The fourth-order valence-corrected chi connectivity index (χ4v) is 2.53. The summed E-state index contributed by atoms with van der Waals surface area (Å²) in [5.74, 6) is 1.14. The number of allylic oxidation sites excluding steroid dienone is 1. The minimum Gasteiger partial charge on any atom is -0.370 e. The Hall–Kier alpha value is -2.35. The maximum Gasteiger partial charge on any atom is 0.258 e. The van der Waals surface area contributed by atoms with Crippen molar-refractivity contribution >= 4 is 17.7 Å². The largest absolute Gasteiger partial charge is 0.370 e. The Kier molecular flexibility index (Phi) is 6.96. The molecule has 11 heteroatoms. The van der Waals surface area contributed by atoms with Gasteiger partial charge in [0.1, 0.15) is 0 Å². The first-order chi connectivity index (χ1) is 10.1. The van der Waals surface area contributed by atoms with Crippen molar-refractivity contribution in [3.05, 3.63) is 21.2 Å². The summed E-state index contributed by atoms with van der Waals surface area (Å²) in [4.78, 5) is 24.7. The molecule has 0 spiro atoms. The van der Waals surface area contributed by atoms with Gasteiger partial charge in [0.15, 0.2) is 0 Å². The van der Waals surface area contributed by atoms with Gasteiger partial charge in [-0.25, -0.2) is 0 Å². The predicted octanol–water partition coefficient (Wildman–Crippen LogP) is 0.535. The molecule has 0 fully saturated rings. The van der Waals surface area contributed by atoms with Crippen molar-refractivity contribution in [3.63, 3.8) is 0 Å². The fraction of sp³-hybridized carbons (Fsp3) is 0.600. The summed E-state index contributed by atoms with van der Waals surface area (Å²) in [5.41, 5.74) is 2.22. The van der Waals surface area contributed by atoms with Gasteiger partial charge in [-0.15, -0.1) is 14.8 Å². The molecular formula is C10H16N8O2S.